The monoisotopic (exact) mass is 360 g/mol. The average molecular weight is 361 g/mol. The van der Waals surface area contributed by atoms with E-state index < -0.39 is 5.91 Å². The average Bonchev–Trinajstić information content (AvgIpc) is 3.06. The molecule has 3 aromatic rings. The summed E-state index contributed by atoms with van der Waals surface area (Å²) in [6.45, 7) is 1.69. The van der Waals surface area contributed by atoms with Gasteiger partial charge in [-0.15, -0.1) is 0 Å². The highest BCUT2D eigenvalue weighted by Gasteiger charge is 2.18. The van der Waals surface area contributed by atoms with E-state index in [1.54, 1.807) is 6.92 Å². The molecular formula is C16H13BrN2O3. The van der Waals surface area contributed by atoms with E-state index in [1.807, 2.05) is 36.4 Å². The standard InChI is InChI=1S/C16H13BrN2O3/c1-9-14(15(18)20)22-16(19-9)12-5-3-2-4-10(12)8-11-6-7-13(17)21-11/h2-7H,8H2,1H3,(H2,18,20). The van der Waals surface area contributed by atoms with Crippen molar-refractivity contribution in [3.05, 3.63) is 63.8 Å². The van der Waals surface area contributed by atoms with Gasteiger partial charge in [-0.05, 0) is 46.6 Å². The number of amides is 1. The fraction of sp³-hybridized carbons (Fsp3) is 0.125. The van der Waals surface area contributed by atoms with Crippen LogP contribution < -0.4 is 5.73 Å². The molecule has 0 saturated carbocycles. The fourth-order valence-electron chi connectivity index (χ4n) is 2.26. The van der Waals surface area contributed by atoms with E-state index in [9.17, 15) is 4.79 Å². The van der Waals surface area contributed by atoms with Crippen molar-refractivity contribution in [2.45, 2.75) is 13.3 Å². The molecule has 2 N–H and O–H groups in total. The van der Waals surface area contributed by atoms with E-state index in [4.69, 9.17) is 14.6 Å². The van der Waals surface area contributed by atoms with Crippen molar-refractivity contribution in [2.75, 3.05) is 0 Å². The largest absolute Gasteiger partial charge is 0.454 e. The highest BCUT2D eigenvalue weighted by atomic mass is 79.9. The number of primary amides is 1. The first kappa shape index (κ1) is 14.6. The summed E-state index contributed by atoms with van der Waals surface area (Å²) in [6, 6.07) is 11.4. The van der Waals surface area contributed by atoms with Gasteiger partial charge >= 0.3 is 0 Å². The summed E-state index contributed by atoms with van der Waals surface area (Å²) < 4.78 is 11.7. The number of oxazole rings is 1. The Morgan fingerprint density at radius 1 is 1.23 bits per heavy atom. The minimum atomic E-state index is -0.622. The third kappa shape index (κ3) is 2.82. The van der Waals surface area contributed by atoms with Crippen molar-refractivity contribution in [3.63, 3.8) is 0 Å². The minimum Gasteiger partial charge on any atom is -0.454 e. The number of furan rings is 1. The lowest BCUT2D eigenvalue weighted by Gasteiger charge is -2.04. The summed E-state index contributed by atoms with van der Waals surface area (Å²) in [5.41, 5.74) is 7.56. The molecule has 2 heterocycles. The zero-order valence-corrected chi connectivity index (χ0v) is 13.4. The molecule has 0 unspecified atom stereocenters. The Morgan fingerprint density at radius 2 is 2.00 bits per heavy atom. The number of hydrogen-bond acceptors (Lipinski definition) is 4. The molecule has 0 aliphatic heterocycles. The molecule has 112 valence electrons. The Hall–Kier alpha value is -2.34. The molecule has 22 heavy (non-hydrogen) atoms. The van der Waals surface area contributed by atoms with Crippen LogP contribution in [0.5, 0.6) is 0 Å². The predicted octanol–water partition coefficient (Wildman–Crippen LogP) is 3.70. The number of halogens is 1. The first-order valence-corrected chi connectivity index (χ1v) is 7.43. The van der Waals surface area contributed by atoms with Gasteiger partial charge in [0.2, 0.25) is 11.7 Å². The van der Waals surface area contributed by atoms with E-state index in [0.717, 1.165) is 16.9 Å². The number of aromatic nitrogens is 1. The van der Waals surface area contributed by atoms with Crippen molar-refractivity contribution >= 4 is 21.8 Å². The lowest BCUT2D eigenvalue weighted by Crippen LogP contribution is -2.10. The first-order valence-electron chi connectivity index (χ1n) is 6.64. The number of nitrogens with zero attached hydrogens (tertiary/aromatic N) is 1. The summed E-state index contributed by atoms with van der Waals surface area (Å²) >= 11 is 3.29. The maximum absolute atomic E-state index is 11.3. The molecule has 0 atom stereocenters. The van der Waals surface area contributed by atoms with Crippen LogP contribution in [0.15, 0.2) is 49.9 Å². The van der Waals surface area contributed by atoms with Crippen molar-refractivity contribution in [1.82, 2.24) is 4.98 Å². The molecular weight excluding hydrogens is 348 g/mol. The molecule has 0 aliphatic carbocycles. The van der Waals surface area contributed by atoms with Crippen LogP contribution in [0.25, 0.3) is 11.5 Å². The second kappa shape index (κ2) is 5.81. The maximum atomic E-state index is 11.3. The maximum Gasteiger partial charge on any atom is 0.286 e. The zero-order valence-electron chi connectivity index (χ0n) is 11.8. The highest BCUT2D eigenvalue weighted by Crippen LogP contribution is 2.27. The van der Waals surface area contributed by atoms with Crippen LogP contribution >= 0.6 is 15.9 Å². The summed E-state index contributed by atoms with van der Waals surface area (Å²) in [5.74, 6) is 0.666. The van der Waals surface area contributed by atoms with Crippen LogP contribution in [0.1, 0.15) is 27.6 Å². The smallest absolute Gasteiger partial charge is 0.286 e. The number of aryl methyl sites for hydroxylation is 1. The number of nitrogens with two attached hydrogens (primary N) is 1. The lowest BCUT2D eigenvalue weighted by molar-refractivity contribution is 0.0974. The van der Waals surface area contributed by atoms with Gasteiger partial charge in [0.05, 0.1) is 5.69 Å². The number of rotatable bonds is 4. The summed E-state index contributed by atoms with van der Waals surface area (Å²) in [7, 11) is 0. The van der Waals surface area contributed by atoms with E-state index in [0.29, 0.717) is 22.7 Å². The van der Waals surface area contributed by atoms with Gasteiger partial charge in [0.25, 0.3) is 5.91 Å². The molecule has 0 radical (unpaired) electrons. The fourth-order valence-corrected chi connectivity index (χ4v) is 2.60. The van der Waals surface area contributed by atoms with Crippen molar-refractivity contribution in [2.24, 2.45) is 5.73 Å². The van der Waals surface area contributed by atoms with Gasteiger partial charge in [0.1, 0.15) is 5.76 Å². The number of carbonyl (C=O) groups excluding carboxylic acids is 1. The van der Waals surface area contributed by atoms with Crippen molar-refractivity contribution in [1.29, 1.82) is 0 Å². The molecule has 6 heteroatoms. The molecule has 1 amide bonds. The second-order valence-electron chi connectivity index (χ2n) is 4.84. The van der Waals surface area contributed by atoms with Crippen LogP contribution in [0.2, 0.25) is 0 Å². The van der Waals surface area contributed by atoms with Crippen molar-refractivity contribution < 1.29 is 13.6 Å². The van der Waals surface area contributed by atoms with Gasteiger partial charge in [-0.25, -0.2) is 4.98 Å². The molecule has 0 bridgehead atoms. The third-order valence-electron chi connectivity index (χ3n) is 3.26. The lowest BCUT2D eigenvalue weighted by atomic mass is 10.0. The second-order valence-corrected chi connectivity index (χ2v) is 5.62. The normalized spacial score (nSPS) is 10.8. The van der Waals surface area contributed by atoms with Crippen LogP contribution in [0, 0.1) is 6.92 Å². The van der Waals surface area contributed by atoms with E-state index >= 15 is 0 Å². The SMILES string of the molecule is Cc1nc(-c2ccccc2Cc2ccc(Br)o2)oc1C(N)=O. The number of hydrogen-bond donors (Lipinski definition) is 1. The molecule has 2 aromatic heterocycles. The highest BCUT2D eigenvalue weighted by molar-refractivity contribution is 9.10. The Labute approximate surface area is 135 Å². The van der Waals surface area contributed by atoms with Crippen molar-refractivity contribution in [3.8, 4) is 11.5 Å². The third-order valence-corrected chi connectivity index (χ3v) is 3.69. The minimum absolute atomic E-state index is 0.0885. The van der Waals surface area contributed by atoms with Gasteiger partial charge in [-0.2, -0.15) is 0 Å². The first-order chi connectivity index (χ1) is 10.5. The van der Waals surface area contributed by atoms with Gasteiger partial charge in [-0.1, -0.05) is 18.2 Å². The Morgan fingerprint density at radius 3 is 2.64 bits per heavy atom. The molecule has 0 fully saturated rings. The molecule has 0 aliphatic rings. The zero-order chi connectivity index (χ0) is 15.7. The quantitative estimate of drug-likeness (QED) is 0.768. The Kier molecular flexibility index (Phi) is 3.85. The van der Waals surface area contributed by atoms with Gasteiger partial charge < -0.3 is 14.6 Å². The number of carbonyl (C=O) groups is 1. The van der Waals surface area contributed by atoms with Crippen LogP contribution in [-0.2, 0) is 6.42 Å². The summed E-state index contributed by atoms with van der Waals surface area (Å²) in [4.78, 5) is 15.6. The summed E-state index contributed by atoms with van der Waals surface area (Å²) in [6.07, 6.45) is 0.592. The Balaban J connectivity index is 2.01. The van der Waals surface area contributed by atoms with Gasteiger partial charge in [0, 0.05) is 12.0 Å². The molecule has 5 nitrogen and oxygen atoms in total. The van der Waals surface area contributed by atoms with Gasteiger partial charge in [0.15, 0.2) is 4.67 Å². The van der Waals surface area contributed by atoms with E-state index in [1.165, 1.54) is 0 Å². The van der Waals surface area contributed by atoms with Crippen LogP contribution in [-0.4, -0.2) is 10.9 Å². The van der Waals surface area contributed by atoms with Crippen LogP contribution in [0.4, 0.5) is 0 Å². The summed E-state index contributed by atoms with van der Waals surface area (Å²) in [5, 5.41) is 0. The Bertz CT molecular complexity index is 836. The molecule has 3 rings (SSSR count). The molecule has 0 saturated heterocycles. The van der Waals surface area contributed by atoms with Gasteiger partial charge in [-0.3, -0.25) is 4.79 Å². The molecule has 1 aromatic carbocycles. The number of benzene rings is 1. The topological polar surface area (TPSA) is 82.3 Å². The van der Waals surface area contributed by atoms with Crippen LogP contribution in [0.3, 0.4) is 0 Å². The predicted molar refractivity (Wildman–Crippen MR) is 84.4 cm³/mol. The van der Waals surface area contributed by atoms with E-state index in [-0.39, 0.29) is 5.76 Å². The van der Waals surface area contributed by atoms with E-state index in [2.05, 4.69) is 20.9 Å². The molecule has 0 spiro atoms.